The first kappa shape index (κ1) is 7.84. The summed E-state index contributed by atoms with van der Waals surface area (Å²) in [7, 11) is 0. The zero-order chi connectivity index (χ0) is 7.78. The van der Waals surface area contributed by atoms with Crippen LogP contribution < -0.4 is 0 Å². The Balaban J connectivity index is 2.51. The van der Waals surface area contributed by atoms with E-state index in [1.807, 2.05) is 0 Å². The molecule has 1 rings (SSSR count). The summed E-state index contributed by atoms with van der Waals surface area (Å²) in [6.45, 7) is 0. The number of aliphatic carboxylic acids is 1. The largest absolute Gasteiger partial charge is 0.480 e. The summed E-state index contributed by atoms with van der Waals surface area (Å²) < 4.78 is 0. The van der Waals surface area contributed by atoms with E-state index in [4.69, 9.17) is 15.3 Å². The molecule has 1 aliphatic rings. The summed E-state index contributed by atoms with van der Waals surface area (Å²) >= 11 is 1.06. The summed E-state index contributed by atoms with van der Waals surface area (Å²) in [4.78, 5) is 10.2. The number of carboxylic acids is 1. The predicted octanol–water partition coefficient (Wildman–Crippen LogP) is -0.743. The van der Waals surface area contributed by atoms with E-state index in [-0.39, 0.29) is 12.2 Å². The van der Waals surface area contributed by atoms with Crippen molar-refractivity contribution in [1.82, 2.24) is 0 Å². The second-order valence-corrected chi connectivity index (χ2v) is 3.52. The van der Waals surface area contributed by atoms with E-state index < -0.39 is 17.0 Å². The molecule has 5 heteroatoms. The fourth-order valence-corrected chi connectivity index (χ4v) is 1.92. The highest BCUT2D eigenvalue weighted by atomic mass is 32.2. The summed E-state index contributed by atoms with van der Waals surface area (Å²) in [5.41, 5.74) is 0. The highest BCUT2D eigenvalue weighted by molar-refractivity contribution is 8.00. The van der Waals surface area contributed by atoms with Crippen LogP contribution in [0.4, 0.5) is 0 Å². The third kappa shape index (κ3) is 1.62. The Hall–Kier alpha value is -0.260. The first-order chi connectivity index (χ1) is 4.51. The molecule has 0 spiro atoms. The van der Waals surface area contributed by atoms with Gasteiger partial charge in [0.25, 0.3) is 0 Å². The minimum Gasteiger partial charge on any atom is -0.480 e. The molecule has 1 fully saturated rings. The van der Waals surface area contributed by atoms with E-state index in [9.17, 15) is 4.79 Å². The third-order valence-corrected chi connectivity index (χ3v) is 2.70. The highest BCUT2D eigenvalue weighted by Gasteiger charge is 2.39. The van der Waals surface area contributed by atoms with Crippen LogP contribution in [0.5, 0.6) is 0 Å². The molecule has 0 aliphatic carbocycles. The monoisotopic (exact) mass is 164 g/mol. The SMILES string of the molecule is O=C(O)C1CC(O)(O)CS1. The number of rotatable bonds is 1. The van der Waals surface area contributed by atoms with Gasteiger partial charge in [-0.15, -0.1) is 11.8 Å². The van der Waals surface area contributed by atoms with Crippen LogP contribution in [-0.4, -0.2) is 38.1 Å². The van der Waals surface area contributed by atoms with Gasteiger partial charge in [0.2, 0.25) is 0 Å². The second-order valence-electron chi connectivity index (χ2n) is 2.32. The first-order valence-electron chi connectivity index (χ1n) is 2.80. The van der Waals surface area contributed by atoms with Gasteiger partial charge in [0.1, 0.15) is 5.25 Å². The van der Waals surface area contributed by atoms with Crippen molar-refractivity contribution in [2.24, 2.45) is 0 Å². The number of aliphatic hydroxyl groups is 2. The molecule has 58 valence electrons. The molecular weight excluding hydrogens is 156 g/mol. The van der Waals surface area contributed by atoms with Crippen LogP contribution in [0.1, 0.15) is 6.42 Å². The van der Waals surface area contributed by atoms with Crippen molar-refractivity contribution in [1.29, 1.82) is 0 Å². The van der Waals surface area contributed by atoms with Crippen molar-refractivity contribution in [2.75, 3.05) is 5.75 Å². The zero-order valence-corrected chi connectivity index (χ0v) is 5.97. The van der Waals surface area contributed by atoms with Gasteiger partial charge in [-0.05, 0) is 0 Å². The molecule has 1 unspecified atom stereocenters. The van der Waals surface area contributed by atoms with Gasteiger partial charge in [0.05, 0.1) is 0 Å². The third-order valence-electron chi connectivity index (χ3n) is 1.30. The second kappa shape index (κ2) is 2.41. The normalized spacial score (nSPS) is 30.4. The Morgan fingerprint density at radius 1 is 1.60 bits per heavy atom. The smallest absolute Gasteiger partial charge is 0.316 e. The molecule has 0 aromatic carbocycles. The van der Waals surface area contributed by atoms with Crippen molar-refractivity contribution in [3.05, 3.63) is 0 Å². The van der Waals surface area contributed by atoms with Gasteiger partial charge in [-0.25, -0.2) is 0 Å². The van der Waals surface area contributed by atoms with Crippen molar-refractivity contribution in [3.63, 3.8) is 0 Å². The van der Waals surface area contributed by atoms with Gasteiger partial charge in [-0.1, -0.05) is 0 Å². The Morgan fingerprint density at radius 3 is 2.40 bits per heavy atom. The van der Waals surface area contributed by atoms with Crippen LogP contribution in [0.25, 0.3) is 0 Å². The van der Waals surface area contributed by atoms with Gasteiger partial charge in [-0.3, -0.25) is 4.79 Å². The summed E-state index contributed by atoms with van der Waals surface area (Å²) in [6, 6.07) is 0. The zero-order valence-electron chi connectivity index (χ0n) is 5.15. The predicted molar refractivity (Wildman–Crippen MR) is 35.7 cm³/mol. The molecule has 0 saturated carbocycles. The van der Waals surface area contributed by atoms with Crippen LogP contribution >= 0.6 is 11.8 Å². The summed E-state index contributed by atoms with van der Waals surface area (Å²) in [5.74, 6) is -2.66. The van der Waals surface area contributed by atoms with Crippen LogP contribution in [-0.2, 0) is 4.79 Å². The van der Waals surface area contributed by atoms with Crippen molar-refractivity contribution in [3.8, 4) is 0 Å². The number of carboxylic acid groups (broad SMARTS) is 1. The molecule has 4 nitrogen and oxygen atoms in total. The van der Waals surface area contributed by atoms with E-state index in [0.717, 1.165) is 11.8 Å². The van der Waals surface area contributed by atoms with Gasteiger partial charge in [-0.2, -0.15) is 0 Å². The highest BCUT2D eigenvalue weighted by Crippen LogP contribution is 2.32. The number of hydrogen-bond acceptors (Lipinski definition) is 4. The fraction of sp³-hybridized carbons (Fsp3) is 0.800. The summed E-state index contributed by atoms with van der Waals surface area (Å²) in [5, 5.41) is 25.5. The fourth-order valence-electron chi connectivity index (χ4n) is 0.807. The lowest BCUT2D eigenvalue weighted by Crippen LogP contribution is -2.29. The van der Waals surface area contributed by atoms with E-state index >= 15 is 0 Å². The van der Waals surface area contributed by atoms with Gasteiger partial charge < -0.3 is 15.3 Å². The van der Waals surface area contributed by atoms with Crippen LogP contribution in [0.2, 0.25) is 0 Å². The maximum absolute atomic E-state index is 10.2. The van der Waals surface area contributed by atoms with Crippen LogP contribution in [0, 0.1) is 0 Å². The van der Waals surface area contributed by atoms with Gasteiger partial charge in [0.15, 0.2) is 5.79 Å². The average Bonchev–Trinajstić information content (AvgIpc) is 2.10. The minimum atomic E-state index is -1.77. The molecular formula is C5H8O4S. The van der Waals surface area contributed by atoms with E-state index in [0.29, 0.717) is 0 Å². The van der Waals surface area contributed by atoms with Crippen molar-refractivity contribution < 1.29 is 20.1 Å². The first-order valence-corrected chi connectivity index (χ1v) is 3.85. The van der Waals surface area contributed by atoms with Gasteiger partial charge in [0, 0.05) is 12.2 Å². The molecule has 3 N–H and O–H groups in total. The van der Waals surface area contributed by atoms with Crippen LogP contribution in [0.3, 0.4) is 0 Å². The number of thioether (sulfide) groups is 1. The maximum atomic E-state index is 10.2. The van der Waals surface area contributed by atoms with Crippen LogP contribution in [0.15, 0.2) is 0 Å². The molecule has 1 heterocycles. The Bertz CT molecular complexity index is 156. The standard InChI is InChI=1S/C5H8O4S/c6-4(7)3-1-5(8,9)2-10-3/h3,8-9H,1-2H2,(H,6,7). The number of hydrogen-bond donors (Lipinski definition) is 3. The Morgan fingerprint density at radius 2 is 2.20 bits per heavy atom. The minimum absolute atomic E-state index is 0.0764. The Kier molecular flexibility index (Phi) is 1.89. The molecule has 10 heavy (non-hydrogen) atoms. The molecule has 0 radical (unpaired) electrons. The van der Waals surface area contributed by atoms with E-state index in [2.05, 4.69) is 0 Å². The quantitative estimate of drug-likeness (QED) is 0.445. The molecule has 1 aliphatic heterocycles. The Labute approximate surface area is 61.9 Å². The van der Waals surface area contributed by atoms with Gasteiger partial charge >= 0.3 is 5.97 Å². The lowest BCUT2D eigenvalue weighted by atomic mass is 10.2. The summed E-state index contributed by atoms with van der Waals surface area (Å²) in [6.07, 6.45) is -0.0764. The molecule has 0 bridgehead atoms. The lowest BCUT2D eigenvalue weighted by molar-refractivity contribution is -0.151. The van der Waals surface area contributed by atoms with Crippen molar-refractivity contribution in [2.45, 2.75) is 17.5 Å². The maximum Gasteiger partial charge on any atom is 0.316 e. The number of carbonyl (C=O) groups is 1. The van der Waals surface area contributed by atoms with E-state index in [1.165, 1.54) is 0 Å². The molecule has 0 amide bonds. The van der Waals surface area contributed by atoms with Crippen molar-refractivity contribution >= 4 is 17.7 Å². The molecule has 1 atom stereocenters. The lowest BCUT2D eigenvalue weighted by Gasteiger charge is -2.11. The van der Waals surface area contributed by atoms with E-state index in [1.54, 1.807) is 0 Å². The molecule has 0 aromatic heterocycles. The topological polar surface area (TPSA) is 77.8 Å². The average molecular weight is 164 g/mol. The molecule has 0 aromatic rings. The molecule has 1 saturated heterocycles.